The first-order valence-electron chi connectivity index (χ1n) is 6.00. The Hall–Kier alpha value is -0.790. The first kappa shape index (κ1) is 15.6. The molecule has 2 rings (SSSR count). The van der Waals surface area contributed by atoms with E-state index in [4.69, 9.17) is 15.2 Å². The number of methoxy groups -OCH3 is 2. The first-order chi connectivity index (χ1) is 9.60. The highest BCUT2D eigenvalue weighted by Crippen LogP contribution is 2.41. The van der Waals surface area contributed by atoms with Gasteiger partial charge in [0.05, 0.1) is 20.3 Å². The van der Waals surface area contributed by atoms with E-state index in [0.717, 1.165) is 24.9 Å². The summed E-state index contributed by atoms with van der Waals surface area (Å²) in [6.45, 7) is 0. The average Bonchev–Trinajstić information content (AvgIpc) is 2.46. The van der Waals surface area contributed by atoms with Gasteiger partial charge in [-0.1, -0.05) is 18.2 Å². The highest BCUT2D eigenvalue weighted by Gasteiger charge is 2.20. The average molecular weight is 448 g/mol. The number of nitrogens with two attached hydrogens (primary N) is 1. The van der Waals surface area contributed by atoms with Gasteiger partial charge in [-0.3, -0.25) is 0 Å². The van der Waals surface area contributed by atoms with E-state index in [1.54, 1.807) is 14.2 Å². The molecule has 20 heavy (non-hydrogen) atoms. The lowest BCUT2D eigenvalue weighted by atomic mass is 9.98. The molecule has 1 unspecified atom stereocenters. The summed E-state index contributed by atoms with van der Waals surface area (Å²) in [6, 6.07) is 11.6. The zero-order valence-electron chi connectivity index (χ0n) is 11.2. The lowest BCUT2D eigenvalue weighted by molar-refractivity contribution is 0.385. The Morgan fingerprint density at radius 2 is 1.75 bits per heavy atom. The molecule has 3 nitrogen and oxygen atoms in total. The highest BCUT2D eigenvalue weighted by atomic mass is 127. The van der Waals surface area contributed by atoms with Gasteiger partial charge in [0.2, 0.25) is 0 Å². The van der Waals surface area contributed by atoms with Gasteiger partial charge in [0.25, 0.3) is 0 Å². The molecule has 0 saturated heterocycles. The molecule has 0 aromatic heterocycles. The van der Waals surface area contributed by atoms with E-state index in [1.165, 1.54) is 0 Å². The van der Waals surface area contributed by atoms with Gasteiger partial charge >= 0.3 is 0 Å². The zero-order chi connectivity index (χ0) is 14.7. The van der Waals surface area contributed by atoms with Crippen LogP contribution in [0.15, 0.2) is 40.9 Å². The van der Waals surface area contributed by atoms with Gasteiger partial charge in [0.1, 0.15) is 16.0 Å². The van der Waals surface area contributed by atoms with Crippen molar-refractivity contribution in [3.63, 3.8) is 0 Å². The van der Waals surface area contributed by atoms with Crippen LogP contribution >= 0.6 is 38.5 Å². The minimum atomic E-state index is -0.250. The first-order valence-corrected chi connectivity index (χ1v) is 7.87. The van der Waals surface area contributed by atoms with Crippen LogP contribution in [0.1, 0.15) is 17.2 Å². The van der Waals surface area contributed by atoms with Gasteiger partial charge in [0, 0.05) is 9.13 Å². The summed E-state index contributed by atoms with van der Waals surface area (Å²) in [5.41, 5.74) is 8.40. The van der Waals surface area contributed by atoms with E-state index in [-0.39, 0.29) is 6.04 Å². The van der Waals surface area contributed by atoms with Crippen molar-refractivity contribution in [2.24, 2.45) is 5.73 Å². The maximum atomic E-state index is 6.41. The predicted octanol–water partition coefficient (Wildman–Crippen LogP) is 4.12. The van der Waals surface area contributed by atoms with Gasteiger partial charge < -0.3 is 15.2 Å². The van der Waals surface area contributed by atoms with Crippen LogP contribution in [-0.2, 0) is 0 Å². The molecule has 0 amide bonds. The van der Waals surface area contributed by atoms with E-state index in [9.17, 15) is 0 Å². The third-order valence-electron chi connectivity index (χ3n) is 3.09. The van der Waals surface area contributed by atoms with Gasteiger partial charge in [-0.2, -0.15) is 0 Å². The molecule has 0 radical (unpaired) electrons. The Kier molecular flexibility index (Phi) is 5.29. The normalized spacial score (nSPS) is 12.1. The van der Waals surface area contributed by atoms with Crippen molar-refractivity contribution in [1.82, 2.24) is 0 Å². The molecule has 0 aliphatic carbocycles. The topological polar surface area (TPSA) is 44.5 Å². The second-order valence-electron chi connectivity index (χ2n) is 4.20. The van der Waals surface area contributed by atoms with Crippen LogP contribution in [0.2, 0.25) is 0 Å². The molecule has 2 aromatic carbocycles. The molecule has 5 heteroatoms. The number of hydrogen-bond acceptors (Lipinski definition) is 3. The number of rotatable bonds is 4. The van der Waals surface area contributed by atoms with Crippen LogP contribution in [0.4, 0.5) is 0 Å². The standard InChI is InChI=1S/C15H15BrINO2/c1-19-12-8-7-10(15(20-2)13(12)16)14(18)9-5-3-4-6-11(9)17/h3-8,14H,18H2,1-2H3. The Balaban J connectivity index is 2.53. The third-order valence-corrected chi connectivity index (χ3v) is 4.82. The van der Waals surface area contributed by atoms with Gasteiger partial charge in [0.15, 0.2) is 0 Å². The van der Waals surface area contributed by atoms with Crippen LogP contribution in [0.5, 0.6) is 11.5 Å². The second kappa shape index (κ2) is 6.78. The van der Waals surface area contributed by atoms with Crippen molar-refractivity contribution in [3.8, 4) is 11.5 Å². The van der Waals surface area contributed by atoms with E-state index >= 15 is 0 Å². The number of benzene rings is 2. The maximum absolute atomic E-state index is 6.41. The molecule has 0 aliphatic rings. The minimum absolute atomic E-state index is 0.250. The second-order valence-corrected chi connectivity index (χ2v) is 6.16. The van der Waals surface area contributed by atoms with Crippen LogP contribution in [0, 0.1) is 3.57 Å². The Morgan fingerprint density at radius 3 is 2.35 bits per heavy atom. The fourth-order valence-corrected chi connectivity index (χ4v) is 3.47. The van der Waals surface area contributed by atoms with Crippen molar-refractivity contribution in [1.29, 1.82) is 0 Å². The molecule has 0 aliphatic heterocycles. The highest BCUT2D eigenvalue weighted by molar-refractivity contribution is 14.1. The van der Waals surface area contributed by atoms with Crippen LogP contribution < -0.4 is 15.2 Å². The maximum Gasteiger partial charge on any atom is 0.141 e. The molecule has 0 fully saturated rings. The third kappa shape index (κ3) is 2.94. The van der Waals surface area contributed by atoms with Crippen LogP contribution in [0.25, 0.3) is 0 Å². The van der Waals surface area contributed by atoms with Gasteiger partial charge in [-0.25, -0.2) is 0 Å². The molecule has 106 valence electrons. The summed E-state index contributed by atoms with van der Waals surface area (Å²) >= 11 is 5.80. The van der Waals surface area contributed by atoms with Crippen LogP contribution in [-0.4, -0.2) is 14.2 Å². The summed E-state index contributed by atoms with van der Waals surface area (Å²) in [5.74, 6) is 1.43. The number of hydrogen-bond donors (Lipinski definition) is 1. The summed E-state index contributed by atoms with van der Waals surface area (Å²) in [6.07, 6.45) is 0. The summed E-state index contributed by atoms with van der Waals surface area (Å²) in [4.78, 5) is 0. The Labute approximate surface area is 140 Å². The molecular formula is C15H15BrINO2. The smallest absolute Gasteiger partial charge is 0.141 e. The molecule has 0 heterocycles. The molecule has 1 atom stereocenters. The monoisotopic (exact) mass is 447 g/mol. The molecule has 2 N–H and O–H groups in total. The predicted molar refractivity (Wildman–Crippen MR) is 92.4 cm³/mol. The quantitative estimate of drug-likeness (QED) is 0.717. The van der Waals surface area contributed by atoms with E-state index < -0.39 is 0 Å². The SMILES string of the molecule is COc1ccc(C(N)c2ccccc2I)c(OC)c1Br. The van der Waals surface area contributed by atoms with Crippen LogP contribution in [0.3, 0.4) is 0 Å². The van der Waals surface area contributed by atoms with Crippen molar-refractivity contribution >= 4 is 38.5 Å². The lowest BCUT2D eigenvalue weighted by Gasteiger charge is -2.19. The molecule has 0 spiro atoms. The number of halogens is 2. The van der Waals surface area contributed by atoms with E-state index in [0.29, 0.717) is 5.75 Å². The fourth-order valence-electron chi connectivity index (χ4n) is 2.06. The van der Waals surface area contributed by atoms with Crippen molar-refractivity contribution in [2.75, 3.05) is 14.2 Å². The Bertz CT molecular complexity index is 619. The van der Waals surface area contributed by atoms with Crippen molar-refractivity contribution in [3.05, 3.63) is 55.6 Å². The molecule has 0 saturated carbocycles. The van der Waals surface area contributed by atoms with Gasteiger partial charge in [-0.05, 0) is 62.3 Å². The minimum Gasteiger partial charge on any atom is -0.495 e. The summed E-state index contributed by atoms with van der Waals surface area (Å²) < 4.78 is 12.7. The zero-order valence-corrected chi connectivity index (χ0v) is 14.9. The summed E-state index contributed by atoms with van der Waals surface area (Å²) in [5, 5.41) is 0. The van der Waals surface area contributed by atoms with Crippen molar-refractivity contribution < 1.29 is 9.47 Å². The summed E-state index contributed by atoms with van der Waals surface area (Å²) in [7, 11) is 3.25. The lowest BCUT2D eigenvalue weighted by Crippen LogP contribution is -2.14. The fraction of sp³-hybridized carbons (Fsp3) is 0.200. The van der Waals surface area contributed by atoms with Gasteiger partial charge in [-0.15, -0.1) is 0 Å². The van der Waals surface area contributed by atoms with E-state index in [1.807, 2.05) is 36.4 Å². The largest absolute Gasteiger partial charge is 0.495 e. The molecule has 0 bridgehead atoms. The van der Waals surface area contributed by atoms with E-state index in [2.05, 4.69) is 38.5 Å². The number of ether oxygens (including phenoxy) is 2. The Morgan fingerprint density at radius 1 is 1.05 bits per heavy atom. The molecule has 2 aromatic rings. The molecular weight excluding hydrogens is 433 g/mol. The van der Waals surface area contributed by atoms with Crippen molar-refractivity contribution in [2.45, 2.75) is 6.04 Å².